The number of hydrogen-bond donors (Lipinski definition) is 2. The lowest BCUT2D eigenvalue weighted by Crippen LogP contribution is -2.49. The van der Waals surface area contributed by atoms with Crippen molar-refractivity contribution in [3.8, 4) is 0 Å². The van der Waals surface area contributed by atoms with Crippen molar-refractivity contribution in [1.29, 1.82) is 0 Å². The molecule has 2 aliphatic carbocycles. The van der Waals surface area contributed by atoms with Crippen LogP contribution in [0.5, 0.6) is 0 Å². The van der Waals surface area contributed by atoms with Gasteiger partial charge in [-0.05, 0) is 88.3 Å². The first-order valence-corrected chi connectivity index (χ1v) is 14.6. The molecule has 2 fully saturated rings. The van der Waals surface area contributed by atoms with Crippen LogP contribution < -0.4 is 0 Å². The van der Waals surface area contributed by atoms with Crippen molar-refractivity contribution in [2.24, 2.45) is 62.6 Å². The molecule has 0 amide bonds. The predicted molar refractivity (Wildman–Crippen MR) is 162 cm³/mol. The first kappa shape index (κ1) is 39.0. The van der Waals surface area contributed by atoms with E-state index in [1.54, 1.807) is 0 Å². The van der Waals surface area contributed by atoms with E-state index in [-0.39, 0.29) is 44.8 Å². The lowest BCUT2D eigenvalue weighted by molar-refractivity contribution is -0.0991. The van der Waals surface area contributed by atoms with Gasteiger partial charge in [0.25, 0.3) is 0 Å². The summed E-state index contributed by atoms with van der Waals surface area (Å²) in [5, 5.41) is 21.5. The summed E-state index contributed by atoms with van der Waals surface area (Å²) in [6.07, 6.45) is 4.41. The third kappa shape index (κ3) is 10.7. The Labute approximate surface area is 232 Å². The van der Waals surface area contributed by atoms with E-state index >= 15 is 0 Å². The molecule has 2 rings (SSSR count). The molecule has 2 saturated carbocycles. The Morgan fingerprint density at radius 3 is 0.811 bits per heavy atom. The van der Waals surface area contributed by atoms with Crippen LogP contribution in [0.4, 0.5) is 0 Å². The summed E-state index contributed by atoms with van der Waals surface area (Å²) in [6, 6.07) is 0. The molecule has 2 aliphatic rings. The van der Waals surface area contributed by atoms with Gasteiger partial charge in [-0.3, -0.25) is 0 Å². The lowest BCUT2D eigenvalue weighted by Gasteiger charge is -2.52. The van der Waals surface area contributed by atoms with Crippen molar-refractivity contribution >= 4 is 0 Å². The highest BCUT2D eigenvalue weighted by atomic mass is 16.3. The average Bonchev–Trinajstić information content (AvgIpc) is 2.59. The molecule has 0 aromatic heterocycles. The molecule has 0 heterocycles. The normalized spacial score (nSPS) is 33.9. The maximum Gasteiger partial charge on any atom is 0.0606 e. The second-order valence-corrected chi connectivity index (χ2v) is 18.0. The highest BCUT2D eigenvalue weighted by Crippen LogP contribution is 2.52. The molecular formula is C33H70O4. The molecular weight excluding hydrogens is 460 g/mol. The standard InChI is InChI=1S/C18H36O.C15H30O.2H2O/c1-16(2,3)12-10-13(17(4,5)6)15(19)14(11-12)18(7,8)9;1-10-8-11(14(2,3)4)13(16)12(9-10)15(5,6)7;;/h12-15,19H,10-11H2,1-9H3;10-13,16H,8-9H2,1-7H3;2*1H2. The van der Waals surface area contributed by atoms with Crippen LogP contribution in [0, 0.1) is 62.6 Å². The van der Waals surface area contributed by atoms with Crippen molar-refractivity contribution in [3.63, 3.8) is 0 Å². The number of rotatable bonds is 0. The first-order chi connectivity index (χ1) is 15.3. The van der Waals surface area contributed by atoms with E-state index < -0.39 is 0 Å². The molecule has 37 heavy (non-hydrogen) atoms. The molecule has 0 radical (unpaired) electrons. The van der Waals surface area contributed by atoms with Gasteiger partial charge >= 0.3 is 0 Å². The Balaban J connectivity index is 0. The molecule has 4 heteroatoms. The molecule has 4 unspecified atom stereocenters. The maximum atomic E-state index is 10.9. The van der Waals surface area contributed by atoms with Crippen LogP contribution in [0.15, 0.2) is 0 Å². The van der Waals surface area contributed by atoms with Gasteiger partial charge in [0.05, 0.1) is 12.2 Å². The second-order valence-electron chi connectivity index (χ2n) is 18.0. The van der Waals surface area contributed by atoms with Gasteiger partial charge in [-0.1, -0.05) is 111 Å². The van der Waals surface area contributed by atoms with Crippen molar-refractivity contribution in [2.75, 3.05) is 0 Å². The Bertz CT molecular complexity index is 602. The fourth-order valence-electron chi connectivity index (χ4n) is 6.96. The van der Waals surface area contributed by atoms with Gasteiger partial charge < -0.3 is 21.2 Å². The second kappa shape index (κ2) is 13.0. The zero-order valence-electron chi connectivity index (χ0n) is 27.8. The Morgan fingerprint density at radius 2 is 0.622 bits per heavy atom. The molecule has 0 saturated heterocycles. The van der Waals surface area contributed by atoms with E-state index in [4.69, 9.17) is 0 Å². The van der Waals surface area contributed by atoms with Crippen molar-refractivity contribution in [1.82, 2.24) is 0 Å². The minimum atomic E-state index is -0.154. The molecule has 0 aliphatic heterocycles. The monoisotopic (exact) mass is 531 g/mol. The minimum Gasteiger partial charge on any atom is -0.412 e. The van der Waals surface area contributed by atoms with Crippen LogP contribution in [-0.2, 0) is 0 Å². The summed E-state index contributed by atoms with van der Waals surface area (Å²) in [5.41, 5.74) is 1.15. The van der Waals surface area contributed by atoms with Crippen LogP contribution in [0.3, 0.4) is 0 Å². The van der Waals surface area contributed by atoms with E-state index in [1.165, 1.54) is 25.7 Å². The summed E-state index contributed by atoms with van der Waals surface area (Å²) in [6.45, 7) is 36.7. The van der Waals surface area contributed by atoms with E-state index in [2.05, 4.69) is 111 Å². The summed E-state index contributed by atoms with van der Waals surface area (Å²) < 4.78 is 0. The minimum absolute atomic E-state index is 0. The highest BCUT2D eigenvalue weighted by molar-refractivity contribution is 4.98. The fourth-order valence-corrected chi connectivity index (χ4v) is 6.96. The van der Waals surface area contributed by atoms with Crippen LogP contribution in [0.25, 0.3) is 0 Å². The molecule has 0 bridgehead atoms. The van der Waals surface area contributed by atoms with Crippen LogP contribution >= 0.6 is 0 Å². The van der Waals surface area contributed by atoms with Gasteiger partial charge in [-0.15, -0.1) is 0 Å². The molecule has 0 aromatic rings. The van der Waals surface area contributed by atoms with E-state index in [0.717, 1.165) is 5.92 Å². The predicted octanol–water partition coefficient (Wildman–Crippen LogP) is 7.58. The average molecular weight is 531 g/mol. The van der Waals surface area contributed by atoms with Gasteiger partial charge in [-0.2, -0.15) is 0 Å². The quantitative estimate of drug-likeness (QED) is 0.337. The van der Waals surface area contributed by atoms with Gasteiger partial charge in [-0.25, -0.2) is 0 Å². The smallest absolute Gasteiger partial charge is 0.0606 e. The van der Waals surface area contributed by atoms with Gasteiger partial charge in [0.2, 0.25) is 0 Å². The first-order valence-electron chi connectivity index (χ1n) is 14.6. The third-order valence-electron chi connectivity index (χ3n) is 9.71. The SMILES string of the molecule is CC(C)(C)C1CC(C(C)(C)C)C(O)C(C(C)(C)C)C1.CC1CC(C(C)(C)C)C(O)C(C(C)(C)C)C1.O.O. The van der Waals surface area contributed by atoms with E-state index in [1.807, 2.05) is 0 Å². The Morgan fingerprint density at radius 1 is 0.405 bits per heavy atom. The lowest BCUT2D eigenvalue weighted by atomic mass is 9.55. The molecule has 4 nitrogen and oxygen atoms in total. The van der Waals surface area contributed by atoms with Gasteiger partial charge in [0, 0.05) is 0 Å². The molecule has 4 atom stereocenters. The Hall–Kier alpha value is -0.160. The van der Waals surface area contributed by atoms with Crippen LogP contribution in [0.2, 0.25) is 0 Å². The summed E-state index contributed by atoms with van der Waals surface area (Å²) in [4.78, 5) is 0. The largest absolute Gasteiger partial charge is 0.412 e. The summed E-state index contributed by atoms with van der Waals surface area (Å²) >= 11 is 0. The van der Waals surface area contributed by atoms with E-state index in [0.29, 0.717) is 35.0 Å². The molecule has 0 spiro atoms. The third-order valence-corrected chi connectivity index (χ3v) is 9.71. The van der Waals surface area contributed by atoms with E-state index in [9.17, 15) is 10.2 Å². The molecule has 6 N–H and O–H groups in total. The van der Waals surface area contributed by atoms with Crippen LogP contribution in [-0.4, -0.2) is 33.4 Å². The number of aliphatic hydroxyl groups excluding tert-OH is 2. The van der Waals surface area contributed by atoms with Gasteiger partial charge in [0.1, 0.15) is 0 Å². The van der Waals surface area contributed by atoms with Gasteiger partial charge in [0.15, 0.2) is 0 Å². The molecule has 226 valence electrons. The zero-order valence-corrected chi connectivity index (χ0v) is 27.8. The van der Waals surface area contributed by atoms with Crippen molar-refractivity contribution < 1.29 is 21.2 Å². The maximum absolute atomic E-state index is 10.9. The summed E-state index contributed by atoms with van der Waals surface area (Å²) in [5.74, 6) is 3.17. The molecule has 0 aromatic carbocycles. The fraction of sp³-hybridized carbons (Fsp3) is 1.00. The Kier molecular flexibility index (Phi) is 13.7. The topological polar surface area (TPSA) is 103 Å². The number of hydrogen-bond acceptors (Lipinski definition) is 2. The number of aliphatic hydroxyl groups is 2. The zero-order chi connectivity index (χ0) is 27.9. The highest BCUT2D eigenvalue weighted by Gasteiger charge is 2.48. The van der Waals surface area contributed by atoms with Crippen molar-refractivity contribution in [3.05, 3.63) is 0 Å². The van der Waals surface area contributed by atoms with Crippen molar-refractivity contribution in [2.45, 2.75) is 149 Å². The summed E-state index contributed by atoms with van der Waals surface area (Å²) in [7, 11) is 0. The van der Waals surface area contributed by atoms with Crippen LogP contribution in [0.1, 0.15) is 136 Å².